The van der Waals surface area contributed by atoms with E-state index in [1.54, 1.807) is 24.3 Å². The van der Waals surface area contributed by atoms with Gasteiger partial charge < -0.3 is 20.8 Å². The number of benzene rings is 2. The zero-order valence-corrected chi connectivity index (χ0v) is 9.92. The molecule has 0 radical (unpaired) electrons. The number of nitrogens with one attached hydrogen (secondary N) is 2. The number of fused-ring (bicyclic) bond motifs is 1. The standard InChI is InChI=1S/C14H12N2O3/c17-8-5-6-10(12(18)7-8)13-15-11-4-2-1-3-9(11)14(19)16-13/h1-7,13,15,17-18H,(H,16,19). The Hall–Kier alpha value is -2.69. The molecule has 19 heavy (non-hydrogen) atoms. The quantitative estimate of drug-likeness (QED) is 0.628. The lowest BCUT2D eigenvalue weighted by molar-refractivity contribution is 0.0935. The summed E-state index contributed by atoms with van der Waals surface area (Å²) in [4.78, 5) is 12.0. The molecule has 5 nitrogen and oxygen atoms in total. The van der Waals surface area contributed by atoms with E-state index in [-0.39, 0.29) is 17.4 Å². The van der Waals surface area contributed by atoms with Crippen molar-refractivity contribution in [2.45, 2.75) is 6.17 Å². The van der Waals surface area contributed by atoms with E-state index in [1.165, 1.54) is 12.1 Å². The van der Waals surface area contributed by atoms with Crippen LogP contribution in [0.4, 0.5) is 5.69 Å². The minimum absolute atomic E-state index is 0.0243. The van der Waals surface area contributed by atoms with E-state index in [1.807, 2.05) is 6.07 Å². The number of phenols is 2. The van der Waals surface area contributed by atoms with Crippen LogP contribution in [-0.4, -0.2) is 16.1 Å². The zero-order valence-electron chi connectivity index (χ0n) is 9.92. The Kier molecular flexibility index (Phi) is 2.52. The molecule has 2 aromatic rings. The molecule has 0 saturated carbocycles. The molecule has 2 aromatic carbocycles. The van der Waals surface area contributed by atoms with Crippen molar-refractivity contribution < 1.29 is 15.0 Å². The second-order valence-corrected chi connectivity index (χ2v) is 4.34. The van der Waals surface area contributed by atoms with Gasteiger partial charge in [0.15, 0.2) is 0 Å². The number of anilines is 1. The monoisotopic (exact) mass is 256 g/mol. The lowest BCUT2D eigenvalue weighted by atomic mass is 10.0. The van der Waals surface area contributed by atoms with E-state index in [0.29, 0.717) is 16.8 Å². The third-order valence-electron chi connectivity index (χ3n) is 3.07. The molecule has 1 atom stereocenters. The number of rotatable bonds is 1. The van der Waals surface area contributed by atoms with Crippen molar-refractivity contribution in [1.29, 1.82) is 0 Å². The Morgan fingerprint density at radius 3 is 2.58 bits per heavy atom. The summed E-state index contributed by atoms with van der Waals surface area (Å²) < 4.78 is 0. The number of carbonyl (C=O) groups is 1. The summed E-state index contributed by atoms with van der Waals surface area (Å²) in [7, 11) is 0. The van der Waals surface area contributed by atoms with Gasteiger partial charge >= 0.3 is 0 Å². The maximum atomic E-state index is 12.0. The highest BCUT2D eigenvalue weighted by Crippen LogP contribution is 2.32. The number of hydrogen-bond acceptors (Lipinski definition) is 4. The fourth-order valence-electron chi connectivity index (χ4n) is 2.14. The predicted molar refractivity (Wildman–Crippen MR) is 70.0 cm³/mol. The molecule has 4 N–H and O–H groups in total. The molecular formula is C14H12N2O3. The molecule has 0 fully saturated rings. The van der Waals surface area contributed by atoms with Crippen LogP contribution in [0.25, 0.3) is 0 Å². The summed E-state index contributed by atoms with van der Waals surface area (Å²) >= 11 is 0. The van der Waals surface area contributed by atoms with Gasteiger partial charge in [0.05, 0.1) is 5.56 Å². The van der Waals surface area contributed by atoms with Gasteiger partial charge in [-0.05, 0) is 24.3 Å². The number of amides is 1. The van der Waals surface area contributed by atoms with E-state index in [9.17, 15) is 15.0 Å². The molecule has 0 spiro atoms. The fraction of sp³-hybridized carbons (Fsp3) is 0.0714. The first-order valence-electron chi connectivity index (χ1n) is 5.83. The van der Waals surface area contributed by atoms with Crippen molar-refractivity contribution >= 4 is 11.6 Å². The molecule has 1 heterocycles. The molecule has 1 amide bonds. The normalized spacial score (nSPS) is 17.3. The molecule has 0 bridgehead atoms. The van der Waals surface area contributed by atoms with Crippen LogP contribution in [0.3, 0.4) is 0 Å². The van der Waals surface area contributed by atoms with Crippen LogP contribution < -0.4 is 10.6 Å². The molecule has 0 aliphatic carbocycles. The number of phenolic OH excluding ortho intramolecular Hbond substituents is 2. The molecule has 3 rings (SSSR count). The van der Waals surface area contributed by atoms with Gasteiger partial charge in [0.25, 0.3) is 5.91 Å². The van der Waals surface area contributed by atoms with Crippen LogP contribution in [-0.2, 0) is 0 Å². The van der Waals surface area contributed by atoms with Crippen molar-refractivity contribution in [1.82, 2.24) is 5.32 Å². The maximum absolute atomic E-state index is 12.0. The van der Waals surface area contributed by atoms with Crippen LogP contribution >= 0.6 is 0 Å². The van der Waals surface area contributed by atoms with Crippen molar-refractivity contribution in [3.05, 3.63) is 53.6 Å². The number of hydrogen-bond donors (Lipinski definition) is 4. The lowest BCUT2D eigenvalue weighted by Gasteiger charge is -2.28. The number of aromatic hydroxyl groups is 2. The molecular weight excluding hydrogens is 244 g/mol. The molecule has 5 heteroatoms. The van der Waals surface area contributed by atoms with Crippen LogP contribution in [0, 0.1) is 0 Å². The highest BCUT2D eigenvalue weighted by atomic mass is 16.3. The van der Waals surface area contributed by atoms with Gasteiger partial charge in [0.1, 0.15) is 17.7 Å². The van der Waals surface area contributed by atoms with Crippen molar-refractivity contribution in [3.63, 3.8) is 0 Å². The minimum Gasteiger partial charge on any atom is -0.508 e. The highest BCUT2D eigenvalue weighted by molar-refractivity contribution is 6.01. The molecule has 0 saturated heterocycles. The summed E-state index contributed by atoms with van der Waals surface area (Å²) in [6.07, 6.45) is -0.525. The SMILES string of the molecule is O=C1NC(c2ccc(O)cc2O)Nc2ccccc21. The zero-order chi connectivity index (χ0) is 13.4. The summed E-state index contributed by atoms with van der Waals surface area (Å²) in [5, 5.41) is 25.0. The first-order chi connectivity index (χ1) is 9.15. The summed E-state index contributed by atoms with van der Waals surface area (Å²) in [5.41, 5.74) is 1.78. The van der Waals surface area contributed by atoms with E-state index in [0.717, 1.165) is 0 Å². The molecule has 96 valence electrons. The van der Waals surface area contributed by atoms with Gasteiger partial charge in [-0.1, -0.05) is 12.1 Å². The maximum Gasteiger partial charge on any atom is 0.255 e. The summed E-state index contributed by atoms with van der Waals surface area (Å²) in [5.74, 6) is -0.298. The van der Waals surface area contributed by atoms with Gasteiger partial charge in [-0.15, -0.1) is 0 Å². The van der Waals surface area contributed by atoms with Gasteiger partial charge in [0.2, 0.25) is 0 Å². The largest absolute Gasteiger partial charge is 0.508 e. The van der Waals surface area contributed by atoms with Gasteiger partial charge in [-0.3, -0.25) is 4.79 Å². The lowest BCUT2D eigenvalue weighted by Crippen LogP contribution is -2.38. The van der Waals surface area contributed by atoms with Gasteiger partial charge in [0, 0.05) is 17.3 Å². The number of para-hydroxylation sites is 1. The number of carbonyl (C=O) groups excluding carboxylic acids is 1. The summed E-state index contributed by atoms with van der Waals surface area (Å²) in [6, 6.07) is 11.4. The Bertz CT molecular complexity index is 655. The second-order valence-electron chi connectivity index (χ2n) is 4.34. The van der Waals surface area contributed by atoms with Crippen LogP contribution in [0.15, 0.2) is 42.5 Å². The van der Waals surface area contributed by atoms with Crippen molar-refractivity contribution in [3.8, 4) is 11.5 Å². The Morgan fingerprint density at radius 1 is 1.00 bits per heavy atom. The highest BCUT2D eigenvalue weighted by Gasteiger charge is 2.25. The Morgan fingerprint density at radius 2 is 1.79 bits per heavy atom. The van der Waals surface area contributed by atoms with E-state index in [4.69, 9.17) is 0 Å². The average Bonchev–Trinajstić information content (AvgIpc) is 2.38. The topological polar surface area (TPSA) is 81.6 Å². The molecule has 1 unspecified atom stereocenters. The Balaban J connectivity index is 1.99. The smallest absolute Gasteiger partial charge is 0.255 e. The average molecular weight is 256 g/mol. The minimum atomic E-state index is -0.525. The molecule has 0 aromatic heterocycles. The second kappa shape index (κ2) is 4.20. The first kappa shape index (κ1) is 11.4. The predicted octanol–water partition coefficient (Wildman–Crippen LogP) is 1.95. The van der Waals surface area contributed by atoms with Gasteiger partial charge in [-0.2, -0.15) is 0 Å². The van der Waals surface area contributed by atoms with E-state index >= 15 is 0 Å². The molecule has 1 aliphatic heterocycles. The van der Waals surface area contributed by atoms with Crippen LogP contribution in [0.5, 0.6) is 11.5 Å². The van der Waals surface area contributed by atoms with Crippen LogP contribution in [0.1, 0.15) is 22.1 Å². The van der Waals surface area contributed by atoms with Crippen molar-refractivity contribution in [2.24, 2.45) is 0 Å². The summed E-state index contributed by atoms with van der Waals surface area (Å²) in [6.45, 7) is 0. The fourth-order valence-corrected chi connectivity index (χ4v) is 2.14. The van der Waals surface area contributed by atoms with E-state index < -0.39 is 6.17 Å². The van der Waals surface area contributed by atoms with Crippen LogP contribution in [0.2, 0.25) is 0 Å². The first-order valence-corrected chi connectivity index (χ1v) is 5.83. The van der Waals surface area contributed by atoms with Gasteiger partial charge in [-0.25, -0.2) is 0 Å². The third-order valence-corrected chi connectivity index (χ3v) is 3.07. The van der Waals surface area contributed by atoms with E-state index in [2.05, 4.69) is 10.6 Å². The Labute approximate surface area is 109 Å². The van der Waals surface area contributed by atoms with Crippen molar-refractivity contribution in [2.75, 3.05) is 5.32 Å². The third kappa shape index (κ3) is 1.95. The molecule has 1 aliphatic rings.